The first-order valence-electron chi connectivity index (χ1n) is 12.7. The Morgan fingerprint density at radius 2 is 1.58 bits per heavy atom. The van der Waals surface area contributed by atoms with Crippen molar-refractivity contribution in [2.24, 2.45) is 17.6 Å². The molecule has 0 saturated carbocycles. The number of ketones is 1. The zero-order valence-electron chi connectivity index (χ0n) is 21.3. The molecule has 6 N–H and O–H groups in total. The molecule has 38 heavy (non-hydrogen) atoms. The molecule has 1 heterocycles. The summed E-state index contributed by atoms with van der Waals surface area (Å²) in [6.07, 6.45) is 0.556. The minimum Gasteiger partial charge on any atom is -0.372 e. The lowest BCUT2D eigenvalue weighted by Crippen LogP contribution is -2.57. The van der Waals surface area contributed by atoms with Gasteiger partial charge in [0.1, 0.15) is 6.04 Å². The smallest absolute Gasteiger partial charge is 0.287 e. The molecule has 200 valence electrons. The summed E-state index contributed by atoms with van der Waals surface area (Å²) in [6.45, 7) is 4.15. The molecule has 1 aliphatic carbocycles. The number of hydrogen-bond donors (Lipinski definition) is 5. The molecule has 4 amide bonds. The molecule has 0 bridgehead atoms. The van der Waals surface area contributed by atoms with Gasteiger partial charge < -0.3 is 26.8 Å². The van der Waals surface area contributed by atoms with Crippen LogP contribution in [0.25, 0.3) is 11.1 Å². The Morgan fingerprint density at radius 3 is 2.08 bits per heavy atom. The van der Waals surface area contributed by atoms with E-state index in [2.05, 4.69) is 16.0 Å². The third-order valence-electron chi connectivity index (χ3n) is 7.14. The number of fused-ring (bicyclic) bond motifs is 3. The zero-order chi connectivity index (χ0) is 27.6. The van der Waals surface area contributed by atoms with Crippen molar-refractivity contribution < 1.29 is 29.1 Å². The Morgan fingerprint density at radius 1 is 1.00 bits per heavy atom. The molecule has 0 radical (unpaired) electrons. The Kier molecular flexibility index (Phi) is 7.63. The van der Waals surface area contributed by atoms with E-state index >= 15 is 0 Å². The molecule has 2 aromatic rings. The molecule has 4 rings (SSSR count). The lowest BCUT2D eigenvalue weighted by atomic mass is 9.89. The van der Waals surface area contributed by atoms with Crippen molar-refractivity contribution in [3.8, 4) is 11.1 Å². The molecule has 2 aromatic carbocycles. The third-order valence-corrected chi connectivity index (χ3v) is 7.14. The first kappa shape index (κ1) is 27.0. The van der Waals surface area contributed by atoms with Crippen molar-refractivity contribution >= 4 is 29.4 Å². The quantitative estimate of drug-likeness (QED) is 0.286. The van der Waals surface area contributed by atoms with Crippen LogP contribution in [0.1, 0.15) is 44.2 Å². The molecule has 10 heteroatoms. The van der Waals surface area contributed by atoms with Crippen molar-refractivity contribution in [3.63, 3.8) is 0 Å². The molecular weight excluding hydrogens is 488 g/mol. The van der Waals surface area contributed by atoms with Gasteiger partial charge in [0.05, 0.1) is 6.04 Å². The van der Waals surface area contributed by atoms with E-state index in [4.69, 9.17) is 5.73 Å². The summed E-state index contributed by atoms with van der Waals surface area (Å²) in [4.78, 5) is 63.4. The molecule has 10 nitrogen and oxygen atoms in total. The van der Waals surface area contributed by atoms with Crippen molar-refractivity contribution in [2.75, 3.05) is 6.54 Å². The highest BCUT2D eigenvalue weighted by molar-refractivity contribution is 6.38. The minimum atomic E-state index is -2.03. The van der Waals surface area contributed by atoms with E-state index in [1.807, 2.05) is 38.1 Å². The molecule has 3 atom stereocenters. The summed E-state index contributed by atoms with van der Waals surface area (Å²) < 4.78 is 0. The van der Waals surface area contributed by atoms with Gasteiger partial charge in [-0.2, -0.15) is 0 Å². The highest BCUT2D eigenvalue weighted by atomic mass is 16.3. The van der Waals surface area contributed by atoms with Crippen molar-refractivity contribution in [2.45, 2.75) is 50.8 Å². The van der Waals surface area contributed by atoms with Crippen LogP contribution in [-0.2, 0) is 29.6 Å². The molecular formula is C28H32N4O6. The zero-order valence-corrected chi connectivity index (χ0v) is 21.3. The molecule has 0 aromatic heterocycles. The number of benzene rings is 2. The predicted molar refractivity (Wildman–Crippen MR) is 138 cm³/mol. The van der Waals surface area contributed by atoms with E-state index in [0.29, 0.717) is 35.2 Å². The second-order valence-corrected chi connectivity index (χ2v) is 10.3. The number of hydrogen-bond acceptors (Lipinski definition) is 6. The summed E-state index contributed by atoms with van der Waals surface area (Å²) in [5.41, 5.74) is 5.40. The van der Waals surface area contributed by atoms with Crippen LogP contribution in [-0.4, -0.2) is 53.1 Å². The number of aliphatic hydroxyl groups is 1. The summed E-state index contributed by atoms with van der Waals surface area (Å²) >= 11 is 0. The van der Waals surface area contributed by atoms with Crippen LogP contribution >= 0.6 is 0 Å². The number of Topliss-reactive ketones (excluding diaryl/α,β-unsaturated/α-hetero) is 1. The Labute approximate surface area is 220 Å². The standard InChI is InChI=1S/C28H32N4O6/c1-15(2)13-22(26(36)31-21(23(33)24(29)34)14-16-11-12-30-25(16)35)32-27(37)28(38)19-9-5-3-7-17(19)18-8-4-6-10-20(18)28/h3-10,15-16,21-22,38H,11-14H2,1-2H3,(H2,29,34)(H,30,35)(H,31,36)(H,32,37)/t16-,21+,22-/m1/s1. The highest BCUT2D eigenvalue weighted by Crippen LogP contribution is 2.47. The molecule has 0 unspecified atom stereocenters. The van der Waals surface area contributed by atoms with E-state index in [0.717, 1.165) is 0 Å². The van der Waals surface area contributed by atoms with Crippen LogP contribution in [0.2, 0.25) is 0 Å². The van der Waals surface area contributed by atoms with Crippen LogP contribution in [0.3, 0.4) is 0 Å². The van der Waals surface area contributed by atoms with Crippen LogP contribution in [0.15, 0.2) is 48.5 Å². The van der Waals surface area contributed by atoms with Crippen molar-refractivity contribution in [1.82, 2.24) is 16.0 Å². The van der Waals surface area contributed by atoms with Crippen LogP contribution in [0.5, 0.6) is 0 Å². The van der Waals surface area contributed by atoms with E-state index in [9.17, 15) is 29.1 Å². The largest absolute Gasteiger partial charge is 0.372 e. The van der Waals surface area contributed by atoms with Gasteiger partial charge in [-0.05, 0) is 36.3 Å². The maximum absolute atomic E-state index is 13.7. The molecule has 1 aliphatic heterocycles. The average Bonchev–Trinajstić information content (AvgIpc) is 3.41. The number of nitrogens with one attached hydrogen (secondary N) is 3. The van der Waals surface area contributed by atoms with Gasteiger partial charge in [-0.25, -0.2) is 0 Å². The first-order chi connectivity index (χ1) is 18.0. The Bertz CT molecular complexity index is 1240. The second kappa shape index (κ2) is 10.7. The predicted octanol–water partition coefficient (Wildman–Crippen LogP) is 0.499. The number of carbonyl (C=O) groups is 5. The van der Waals surface area contributed by atoms with Gasteiger partial charge in [0, 0.05) is 23.6 Å². The number of primary amides is 1. The first-order valence-corrected chi connectivity index (χ1v) is 12.7. The maximum Gasteiger partial charge on any atom is 0.287 e. The van der Waals surface area contributed by atoms with Gasteiger partial charge in [0.15, 0.2) is 5.60 Å². The fourth-order valence-corrected chi connectivity index (χ4v) is 5.25. The molecule has 0 spiro atoms. The number of rotatable bonds is 10. The minimum absolute atomic E-state index is 0.0465. The van der Waals surface area contributed by atoms with Gasteiger partial charge in [0.2, 0.25) is 17.6 Å². The van der Waals surface area contributed by atoms with Crippen molar-refractivity contribution in [1.29, 1.82) is 0 Å². The van der Waals surface area contributed by atoms with Gasteiger partial charge >= 0.3 is 0 Å². The molecule has 1 saturated heterocycles. The van der Waals surface area contributed by atoms with Crippen molar-refractivity contribution in [3.05, 3.63) is 59.7 Å². The maximum atomic E-state index is 13.7. The molecule has 1 fully saturated rings. The van der Waals surface area contributed by atoms with Crippen LogP contribution in [0, 0.1) is 11.8 Å². The summed E-state index contributed by atoms with van der Waals surface area (Å²) in [6, 6.07) is 11.6. The fourth-order valence-electron chi connectivity index (χ4n) is 5.25. The number of carbonyl (C=O) groups excluding carboxylic acids is 5. The third kappa shape index (κ3) is 5.04. The monoisotopic (exact) mass is 520 g/mol. The number of amides is 4. The lowest BCUT2D eigenvalue weighted by Gasteiger charge is -2.29. The second-order valence-electron chi connectivity index (χ2n) is 10.3. The van der Waals surface area contributed by atoms with E-state index < -0.39 is 47.1 Å². The van der Waals surface area contributed by atoms with Crippen LogP contribution in [0.4, 0.5) is 0 Å². The van der Waals surface area contributed by atoms with Gasteiger partial charge in [-0.3, -0.25) is 24.0 Å². The van der Waals surface area contributed by atoms with Gasteiger partial charge in [0.25, 0.3) is 11.8 Å². The van der Waals surface area contributed by atoms with E-state index in [1.54, 1.807) is 24.3 Å². The molecule has 2 aliphatic rings. The SMILES string of the molecule is CC(C)C[C@@H](NC(=O)C1(O)c2ccccc2-c2ccccc21)C(=O)N[C@@H](C[C@H]1CCNC1=O)C(=O)C(N)=O. The average molecular weight is 521 g/mol. The van der Waals surface area contributed by atoms with Gasteiger partial charge in [-0.1, -0.05) is 62.4 Å². The van der Waals surface area contributed by atoms with Crippen LogP contribution < -0.4 is 21.7 Å². The normalized spacial score (nSPS) is 18.6. The Balaban J connectivity index is 1.60. The topological polar surface area (TPSA) is 168 Å². The summed E-state index contributed by atoms with van der Waals surface area (Å²) in [7, 11) is 0. The highest BCUT2D eigenvalue weighted by Gasteiger charge is 2.48. The lowest BCUT2D eigenvalue weighted by molar-refractivity contribution is -0.141. The Hall–Kier alpha value is -4.05. The summed E-state index contributed by atoms with van der Waals surface area (Å²) in [5.74, 6) is -4.63. The fraction of sp³-hybridized carbons (Fsp3) is 0.393. The van der Waals surface area contributed by atoms with Gasteiger partial charge in [-0.15, -0.1) is 0 Å². The van der Waals surface area contributed by atoms with E-state index in [-0.39, 0.29) is 24.7 Å². The summed E-state index contributed by atoms with van der Waals surface area (Å²) in [5, 5.41) is 19.7. The number of nitrogens with two attached hydrogens (primary N) is 1. The van der Waals surface area contributed by atoms with E-state index in [1.165, 1.54) is 0 Å².